The second-order valence-corrected chi connectivity index (χ2v) is 7.20. The normalized spacial score (nSPS) is 16.3. The van der Waals surface area contributed by atoms with Crippen molar-refractivity contribution in [2.45, 2.75) is 25.0 Å². The predicted octanol–water partition coefficient (Wildman–Crippen LogP) is 5.01. The lowest BCUT2D eigenvalue weighted by atomic mass is 9.74. The summed E-state index contributed by atoms with van der Waals surface area (Å²) in [7, 11) is 0. The molecular formula is C24H22O2. The summed E-state index contributed by atoms with van der Waals surface area (Å²) in [5.41, 5.74) is 2.51. The minimum Gasteiger partial charge on any atom is -0.382 e. The lowest BCUT2D eigenvalue weighted by molar-refractivity contribution is -0.142. The first kappa shape index (κ1) is 16.8. The van der Waals surface area contributed by atoms with Gasteiger partial charge in [0.2, 0.25) is 0 Å². The number of rotatable bonds is 3. The molecule has 4 aliphatic carbocycles. The first-order valence-corrected chi connectivity index (χ1v) is 8.84. The van der Waals surface area contributed by atoms with Gasteiger partial charge in [0.25, 0.3) is 0 Å². The quantitative estimate of drug-likeness (QED) is 0.549. The van der Waals surface area contributed by atoms with Crippen LogP contribution >= 0.6 is 0 Å². The van der Waals surface area contributed by atoms with Crippen molar-refractivity contribution in [1.82, 2.24) is 0 Å². The Hall–Kier alpha value is -2.68. The Morgan fingerprint density at radius 1 is 0.500 bits per heavy atom. The monoisotopic (exact) mass is 342 g/mol. The molecule has 0 unspecified atom stereocenters. The van der Waals surface area contributed by atoms with E-state index in [1.165, 1.54) is 0 Å². The van der Waals surface area contributed by atoms with Crippen LogP contribution in [0, 0.1) is 0 Å². The van der Waals surface area contributed by atoms with Gasteiger partial charge in [0.1, 0.15) is 11.2 Å². The van der Waals surface area contributed by atoms with Crippen molar-refractivity contribution in [2.75, 3.05) is 0 Å². The van der Waals surface area contributed by atoms with E-state index in [0.29, 0.717) is 0 Å². The zero-order valence-electron chi connectivity index (χ0n) is 15.0. The zero-order chi connectivity index (χ0) is 18.4. The van der Waals surface area contributed by atoms with E-state index >= 15 is 0 Å². The number of aliphatic hydroxyl groups is 2. The van der Waals surface area contributed by atoms with Crippen molar-refractivity contribution in [3.63, 3.8) is 0 Å². The topological polar surface area (TPSA) is 40.5 Å². The summed E-state index contributed by atoms with van der Waals surface area (Å²) in [6, 6.07) is 27.6. The fourth-order valence-electron chi connectivity index (χ4n) is 3.80. The van der Waals surface area contributed by atoms with Crippen molar-refractivity contribution in [1.29, 1.82) is 0 Å². The third-order valence-electron chi connectivity index (χ3n) is 5.58. The Balaban J connectivity index is 1.87. The van der Waals surface area contributed by atoms with Crippen molar-refractivity contribution >= 4 is 0 Å². The summed E-state index contributed by atoms with van der Waals surface area (Å²) < 4.78 is 0. The molecule has 0 aromatic heterocycles. The number of hydrogen-bond donors (Lipinski definition) is 2. The van der Waals surface area contributed by atoms with Crippen LogP contribution in [-0.4, -0.2) is 10.2 Å². The van der Waals surface area contributed by atoms with Crippen LogP contribution in [-0.2, 0) is 11.2 Å². The Morgan fingerprint density at radius 2 is 0.885 bits per heavy atom. The van der Waals surface area contributed by atoms with Gasteiger partial charge >= 0.3 is 0 Å². The summed E-state index contributed by atoms with van der Waals surface area (Å²) in [6.45, 7) is 3.38. The molecule has 0 amide bonds. The molecule has 0 saturated heterocycles. The fourth-order valence-corrected chi connectivity index (χ4v) is 3.80. The van der Waals surface area contributed by atoms with Gasteiger partial charge in [-0.3, -0.25) is 0 Å². The third kappa shape index (κ3) is 2.42. The highest BCUT2D eigenvalue weighted by molar-refractivity contribution is 5.74. The number of hydrogen-bond acceptors (Lipinski definition) is 2. The summed E-state index contributed by atoms with van der Waals surface area (Å²) in [5, 5.41) is 23.1. The highest BCUT2D eigenvalue weighted by Crippen LogP contribution is 2.48. The van der Waals surface area contributed by atoms with Crippen LogP contribution < -0.4 is 0 Å². The fraction of sp³-hybridized carbons (Fsp3) is 0.167. The van der Waals surface area contributed by atoms with Gasteiger partial charge < -0.3 is 10.2 Å². The molecule has 2 N–H and O–H groups in total. The van der Waals surface area contributed by atoms with Gasteiger partial charge in [0.05, 0.1) is 0 Å². The van der Waals surface area contributed by atoms with E-state index in [2.05, 4.69) is 0 Å². The molecule has 4 rings (SSSR count). The Morgan fingerprint density at radius 3 is 1.31 bits per heavy atom. The highest BCUT2D eigenvalue weighted by Gasteiger charge is 2.47. The van der Waals surface area contributed by atoms with Crippen molar-refractivity contribution in [2.24, 2.45) is 0 Å². The van der Waals surface area contributed by atoms with Gasteiger partial charge in [-0.1, -0.05) is 84.9 Å². The Kier molecular flexibility index (Phi) is 3.83. The van der Waals surface area contributed by atoms with E-state index in [0.717, 1.165) is 33.4 Å². The van der Waals surface area contributed by atoms with E-state index in [1.807, 2.05) is 84.9 Å². The van der Waals surface area contributed by atoms with E-state index in [1.54, 1.807) is 13.8 Å². The molecule has 0 aromatic carbocycles. The predicted molar refractivity (Wildman–Crippen MR) is 105 cm³/mol. The molecule has 2 atom stereocenters. The average Bonchev–Trinajstić information content (AvgIpc) is 3.03. The zero-order valence-corrected chi connectivity index (χ0v) is 15.0. The van der Waals surface area contributed by atoms with Gasteiger partial charge in [-0.2, -0.15) is 0 Å². The Bertz CT molecular complexity index is 918. The van der Waals surface area contributed by atoms with Gasteiger partial charge in [0.15, 0.2) is 0 Å². The first-order valence-electron chi connectivity index (χ1n) is 8.84. The SMILES string of the molecule is C[C@@](O)(c1ccc2cccccc1-2)[C@](C)(O)c1ccc2cccccc1-2. The lowest BCUT2D eigenvalue weighted by Gasteiger charge is -2.39. The average molecular weight is 342 g/mol. The molecule has 26 heavy (non-hydrogen) atoms. The van der Waals surface area contributed by atoms with Crippen LogP contribution in [0.1, 0.15) is 25.0 Å². The maximum atomic E-state index is 11.5. The molecule has 0 aliphatic heterocycles. The maximum absolute atomic E-state index is 11.5. The van der Waals surface area contributed by atoms with Crippen LogP contribution in [0.25, 0.3) is 22.3 Å². The van der Waals surface area contributed by atoms with Crippen LogP contribution in [0.15, 0.2) is 84.9 Å². The summed E-state index contributed by atoms with van der Waals surface area (Å²) >= 11 is 0. The van der Waals surface area contributed by atoms with E-state index < -0.39 is 11.2 Å². The summed E-state index contributed by atoms with van der Waals surface area (Å²) in [4.78, 5) is 0. The van der Waals surface area contributed by atoms with E-state index in [-0.39, 0.29) is 0 Å². The van der Waals surface area contributed by atoms with E-state index in [9.17, 15) is 10.2 Å². The third-order valence-corrected chi connectivity index (χ3v) is 5.58. The highest BCUT2D eigenvalue weighted by atomic mass is 16.4. The molecule has 130 valence electrons. The minimum absolute atomic E-state index is 0.725. The standard InChI is InChI=1S/C24H22O2/c1-23(25,21-15-13-17-9-5-3-7-11-19(17)21)24(2,26)22-16-14-18-10-6-4-8-12-20(18)22/h3-16,25-26H,1-2H3/t23-,24-/m1/s1. The van der Waals surface area contributed by atoms with Crippen molar-refractivity contribution in [3.05, 3.63) is 96.1 Å². The minimum atomic E-state index is -1.46. The van der Waals surface area contributed by atoms with Crippen LogP contribution in [0.3, 0.4) is 0 Å². The van der Waals surface area contributed by atoms with Crippen molar-refractivity contribution < 1.29 is 10.2 Å². The van der Waals surface area contributed by atoms with Crippen LogP contribution in [0.5, 0.6) is 0 Å². The largest absolute Gasteiger partial charge is 0.382 e. The van der Waals surface area contributed by atoms with Crippen LogP contribution in [0.2, 0.25) is 0 Å². The molecule has 2 heteroatoms. The molecule has 0 spiro atoms. The first-order chi connectivity index (χ1) is 12.4. The van der Waals surface area contributed by atoms with Crippen molar-refractivity contribution in [3.8, 4) is 22.3 Å². The Labute approximate surface area is 154 Å². The van der Waals surface area contributed by atoms with Gasteiger partial charge in [-0.25, -0.2) is 0 Å². The maximum Gasteiger partial charge on any atom is 0.120 e. The smallest absolute Gasteiger partial charge is 0.120 e. The van der Waals surface area contributed by atoms with E-state index in [4.69, 9.17) is 0 Å². The molecule has 0 fully saturated rings. The lowest BCUT2D eigenvalue weighted by Crippen LogP contribution is -2.45. The molecule has 0 saturated carbocycles. The molecule has 0 aromatic rings. The van der Waals surface area contributed by atoms with Gasteiger partial charge in [-0.05, 0) is 47.2 Å². The summed E-state index contributed by atoms with van der Waals surface area (Å²) in [5.74, 6) is 0. The second-order valence-electron chi connectivity index (χ2n) is 7.20. The van der Waals surface area contributed by atoms with Crippen LogP contribution in [0.4, 0.5) is 0 Å². The van der Waals surface area contributed by atoms with Gasteiger partial charge in [0, 0.05) is 0 Å². The molecule has 2 nitrogen and oxygen atoms in total. The molecule has 4 aliphatic rings. The molecule has 0 heterocycles. The van der Waals surface area contributed by atoms with Gasteiger partial charge in [-0.15, -0.1) is 0 Å². The second kappa shape index (κ2) is 5.94. The molecule has 0 bridgehead atoms. The number of fused-ring (bicyclic) bond motifs is 2. The summed E-state index contributed by atoms with van der Waals surface area (Å²) in [6.07, 6.45) is 0. The molecule has 0 radical (unpaired) electrons. The molecular weight excluding hydrogens is 320 g/mol.